The van der Waals surface area contributed by atoms with E-state index in [0.717, 1.165) is 25.7 Å². The van der Waals surface area contributed by atoms with Gasteiger partial charge in [-0.2, -0.15) is 0 Å². The Labute approximate surface area is 203 Å². The minimum atomic E-state index is -3.43. The molecule has 33 heavy (non-hydrogen) atoms. The van der Waals surface area contributed by atoms with E-state index >= 15 is 0 Å². The number of hydrogen-bond donors (Lipinski definition) is 0. The molecule has 0 unspecified atom stereocenters. The molecule has 184 valence electrons. The van der Waals surface area contributed by atoms with Gasteiger partial charge in [-0.15, -0.1) is 0 Å². The lowest BCUT2D eigenvalue weighted by molar-refractivity contribution is 0.0385. The van der Waals surface area contributed by atoms with Gasteiger partial charge in [0.15, 0.2) is 0 Å². The summed E-state index contributed by atoms with van der Waals surface area (Å²) < 4.78 is 25.5. The van der Waals surface area contributed by atoms with Crippen molar-refractivity contribution in [3.63, 3.8) is 0 Å². The highest BCUT2D eigenvalue weighted by atomic mass is 28.4. The van der Waals surface area contributed by atoms with E-state index in [1.807, 2.05) is 60.7 Å². The predicted octanol–water partition coefficient (Wildman–Crippen LogP) is 8.33. The molecule has 0 atom stereocenters. The number of rotatable bonds is 20. The predicted molar refractivity (Wildman–Crippen MR) is 139 cm³/mol. The van der Waals surface area contributed by atoms with Crippen LogP contribution in [0.15, 0.2) is 60.7 Å². The van der Waals surface area contributed by atoms with E-state index in [4.69, 9.17) is 17.7 Å². The molecule has 0 saturated heterocycles. The quantitative estimate of drug-likeness (QED) is 0.143. The molecular formula is C28H44O4Si. The molecule has 0 aliphatic carbocycles. The van der Waals surface area contributed by atoms with Gasteiger partial charge in [-0.3, -0.25) is 0 Å². The Morgan fingerprint density at radius 2 is 0.848 bits per heavy atom. The first-order valence-electron chi connectivity index (χ1n) is 13.0. The fraction of sp³-hybridized carbons (Fsp3) is 0.571. The van der Waals surface area contributed by atoms with Gasteiger partial charge in [0, 0.05) is 13.2 Å². The molecule has 0 radical (unpaired) electrons. The summed E-state index contributed by atoms with van der Waals surface area (Å²) in [5.74, 6) is 1.43. The van der Waals surface area contributed by atoms with Crippen LogP contribution < -0.4 is 8.85 Å². The lowest BCUT2D eigenvalue weighted by Crippen LogP contribution is -2.55. The van der Waals surface area contributed by atoms with Gasteiger partial charge in [0.1, 0.15) is 11.5 Å². The van der Waals surface area contributed by atoms with Gasteiger partial charge in [-0.25, -0.2) is 0 Å². The molecular weight excluding hydrogens is 428 g/mol. The second-order valence-corrected chi connectivity index (χ2v) is 10.5. The van der Waals surface area contributed by atoms with Crippen LogP contribution in [0, 0.1) is 0 Å². The van der Waals surface area contributed by atoms with Crippen molar-refractivity contribution in [3.05, 3.63) is 60.7 Å². The summed E-state index contributed by atoms with van der Waals surface area (Å²) in [6.07, 6.45) is 14.4. The molecule has 0 aliphatic heterocycles. The van der Waals surface area contributed by atoms with Crippen LogP contribution in [0.4, 0.5) is 0 Å². The van der Waals surface area contributed by atoms with Crippen molar-refractivity contribution in [3.8, 4) is 11.5 Å². The zero-order chi connectivity index (χ0) is 23.5. The maximum atomic E-state index is 6.37. The number of unbranched alkanes of at least 4 members (excludes halogenated alkanes) is 10. The van der Waals surface area contributed by atoms with Crippen LogP contribution in [0.25, 0.3) is 0 Å². The van der Waals surface area contributed by atoms with Gasteiger partial charge >= 0.3 is 9.05 Å². The molecule has 2 rings (SSSR count). The maximum Gasteiger partial charge on any atom is 0.820 e. The van der Waals surface area contributed by atoms with Crippen LogP contribution in [0.2, 0.25) is 0 Å². The Balaban J connectivity index is 2.02. The molecule has 4 nitrogen and oxygen atoms in total. The van der Waals surface area contributed by atoms with Gasteiger partial charge in [0.05, 0.1) is 0 Å². The van der Waals surface area contributed by atoms with Crippen molar-refractivity contribution in [1.82, 2.24) is 0 Å². The van der Waals surface area contributed by atoms with Gasteiger partial charge in [-0.05, 0) is 37.1 Å². The van der Waals surface area contributed by atoms with E-state index in [2.05, 4.69) is 13.8 Å². The average Bonchev–Trinajstić information content (AvgIpc) is 2.84. The number of hydrogen-bond acceptors (Lipinski definition) is 4. The average molecular weight is 473 g/mol. The number of benzene rings is 2. The SMILES string of the molecule is CCCCCCCCO[Si](OCCCCCCCC)(Oc1ccccc1)Oc1ccccc1. The molecule has 0 saturated carbocycles. The Kier molecular flexibility index (Phi) is 14.6. The summed E-state index contributed by atoms with van der Waals surface area (Å²) in [4.78, 5) is 0. The Hall–Kier alpha value is -1.82. The van der Waals surface area contributed by atoms with Crippen LogP contribution in [0.5, 0.6) is 11.5 Å². The molecule has 0 heterocycles. The normalized spacial score (nSPS) is 11.5. The molecule has 2 aromatic carbocycles. The molecule has 0 bridgehead atoms. The Bertz CT molecular complexity index is 634. The van der Waals surface area contributed by atoms with E-state index in [1.54, 1.807) is 0 Å². The van der Waals surface area contributed by atoms with Gasteiger partial charge < -0.3 is 17.7 Å². The van der Waals surface area contributed by atoms with Gasteiger partial charge in [0.2, 0.25) is 0 Å². The van der Waals surface area contributed by atoms with Gasteiger partial charge in [-0.1, -0.05) is 114 Å². The molecule has 2 aromatic rings. The van der Waals surface area contributed by atoms with E-state index in [1.165, 1.54) is 51.4 Å². The fourth-order valence-corrected chi connectivity index (χ4v) is 5.60. The fourth-order valence-electron chi connectivity index (χ4n) is 3.61. The number of para-hydroxylation sites is 2. The molecule has 0 spiro atoms. The van der Waals surface area contributed by atoms with Crippen molar-refractivity contribution in [1.29, 1.82) is 0 Å². The van der Waals surface area contributed by atoms with Crippen molar-refractivity contribution in [2.24, 2.45) is 0 Å². The van der Waals surface area contributed by atoms with E-state index in [0.29, 0.717) is 24.7 Å². The minimum absolute atomic E-state index is 0.578. The standard InChI is InChI=1S/C28H44O4Si/c1-3-5-7-9-11-19-25-29-33(31-27-21-15-13-16-22-27,32-28-23-17-14-18-24-28)30-26-20-12-10-8-6-4-2/h13-18,21-24H,3-12,19-20,25-26H2,1-2H3. The molecule has 0 amide bonds. The third-order valence-corrected chi connectivity index (χ3v) is 7.61. The van der Waals surface area contributed by atoms with Crippen LogP contribution in [-0.4, -0.2) is 22.3 Å². The van der Waals surface area contributed by atoms with Crippen molar-refractivity contribution in [2.75, 3.05) is 13.2 Å². The highest BCUT2D eigenvalue weighted by Gasteiger charge is 2.51. The second kappa shape index (κ2) is 17.6. The highest BCUT2D eigenvalue weighted by Crippen LogP contribution is 2.23. The van der Waals surface area contributed by atoms with Crippen LogP contribution in [-0.2, 0) is 8.85 Å². The van der Waals surface area contributed by atoms with E-state index < -0.39 is 9.05 Å². The highest BCUT2D eigenvalue weighted by molar-refractivity contribution is 6.55. The zero-order valence-corrected chi connectivity index (χ0v) is 21.8. The Morgan fingerprint density at radius 1 is 0.485 bits per heavy atom. The summed E-state index contributed by atoms with van der Waals surface area (Å²) in [6.45, 7) is 5.64. The summed E-state index contributed by atoms with van der Waals surface area (Å²) >= 11 is 0. The summed E-state index contributed by atoms with van der Waals surface area (Å²) in [6, 6.07) is 19.5. The largest absolute Gasteiger partial charge is 0.820 e. The molecule has 0 aromatic heterocycles. The monoisotopic (exact) mass is 472 g/mol. The van der Waals surface area contributed by atoms with Crippen molar-refractivity contribution in [2.45, 2.75) is 90.9 Å². The minimum Gasteiger partial charge on any atom is -0.471 e. The lowest BCUT2D eigenvalue weighted by atomic mass is 10.1. The lowest BCUT2D eigenvalue weighted by Gasteiger charge is -2.28. The third kappa shape index (κ3) is 12.3. The molecule has 0 N–H and O–H groups in total. The van der Waals surface area contributed by atoms with Crippen LogP contribution >= 0.6 is 0 Å². The summed E-state index contributed by atoms with van der Waals surface area (Å²) in [5.41, 5.74) is 0. The first kappa shape index (κ1) is 27.4. The third-order valence-electron chi connectivity index (χ3n) is 5.53. The van der Waals surface area contributed by atoms with Crippen LogP contribution in [0.3, 0.4) is 0 Å². The van der Waals surface area contributed by atoms with Gasteiger partial charge in [0.25, 0.3) is 0 Å². The van der Waals surface area contributed by atoms with Crippen LogP contribution in [0.1, 0.15) is 90.9 Å². The molecule has 0 fully saturated rings. The first-order valence-corrected chi connectivity index (χ1v) is 14.7. The van der Waals surface area contributed by atoms with Crippen molar-refractivity contribution < 1.29 is 17.7 Å². The first-order chi connectivity index (χ1) is 16.3. The topological polar surface area (TPSA) is 36.9 Å². The smallest absolute Gasteiger partial charge is 0.471 e. The summed E-state index contributed by atoms with van der Waals surface area (Å²) in [5, 5.41) is 0. The Morgan fingerprint density at radius 3 is 1.24 bits per heavy atom. The van der Waals surface area contributed by atoms with Crippen molar-refractivity contribution >= 4 is 9.05 Å². The second-order valence-electron chi connectivity index (χ2n) is 8.56. The summed E-state index contributed by atoms with van der Waals surface area (Å²) in [7, 11) is -3.43. The zero-order valence-electron chi connectivity index (χ0n) is 20.8. The molecule has 5 heteroatoms. The molecule has 0 aliphatic rings. The maximum absolute atomic E-state index is 6.37. The van der Waals surface area contributed by atoms with E-state index in [-0.39, 0.29) is 0 Å². The van der Waals surface area contributed by atoms with E-state index in [9.17, 15) is 0 Å².